The predicted octanol–water partition coefficient (Wildman–Crippen LogP) is 2.45. The molecule has 5 heteroatoms. The summed E-state index contributed by atoms with van der Waals surface area (Å²) >= 11 is 3.38. The molecule has 0 amide bonds. The van der Waals surface area contributed by atoms with E-state index in [4.69, 9.17) is 0 Å². The third-order valence-electron chi connectivity index (χ3n) is 2.71. The molecule has 0 aliphatic carbocycles. The molecule has 0 radical (unpaired) electrons. The minimum absolute atomic E-state index is 0.131. The van der Waals surface area contributed by atoms with Gasteiger partial charge >= 0.3 is 0 Å². The molecule has 0 aromatic carbocycles. The van der Waals surface area contributed by atoms with Gasteiger partial charge in [0.25, 0.3) is 0 Å². The Labute approximate surface area is 115 Å². The van der Waals surface area contributed by atoms with Crippen molar-refractivity contribution in [2.45, 2.75) is 19.4 Å². The van der Waals surface area contributed by atoms with E-state index in [9.17, 15) is 0 Å². The summed E-state index contributed by atoms with van der Waals surface area (Å²) in [5.74, 6) is 0. The van der Waals surface area contributed by atoms with Crippen LogP contribution >= 0.6 is 15.9 Å². The van der Waals surface area contributed by atoms with Gasteiger partial charge in [-0.25, -0.2) is 0 Å². The Morgan fingerprint density at radius 2 is 2.00 bits per heavy atom. The molecule has 18 heavy (non-hydrogen) atoms. The fraction of sp³-hybridized carbons (Fsp3) is 0.308. The normalized spacial score (nSPS) is 12.4. The second kappa shape index (κ2) is 6.02. The highest BCUT2D eigenvalue weighted by Gasteiger charge is 2.12. The van der Waals surface area contributed by atoms with E-state index in [0.717, 1.165) is 28.0 Å². The Balaban J connectivity index is 2.14. The second-order valence-corrected chi connectivity index (χ2v) is 5.01. The summed E-state index contributed by atoms with van der Waals surface area (Å²) in [6.07, 6.45) is 6.20. The molecule has 2 aromatic rings. The highest BCUT2D eigenvalue weighted by molar-refractivity contribution is 9.10. The number of hydrogen-bond acceptors (Lipinski definition) is 4. The van der Waals surface area contributed by atoms with E-state index in [1.165, 1.54) is 0 Å². The first-order chi connectivity index (χ1) is 8.69. The van der Waals surface area contributed by atoms with E-state index in [1.54, 1.807) is 6.20 Å². The summed E-state index contributed by atoms with van der Waals surface area (Å²) in [5.41, 5.74) is 2.89. The van der Waals surface area contributed by atoms with E-state index >= 15 is 0 Å². The topological polar surface area (TPSA) is 50.7 Å². The van der Waals surface area contributed by atoms with Gasteiger partial charge in [0, 0.05) is 29.0 Å². The molecule has 4 nitrogen and oxygen atoms in total. The summed E-state index contributed by atoms with van der Waals surface area (Å²) in [5, 5.41) is 3.25. The quantitative estimate of drug-likeness (QED) is 0.942. The number of rotatable bonds is 4. The van der Waals surface area contributed by atoms with Crippen LogP contribution < -0.4 is 5.32 Å². The number of aryl methyl sites for hydroxylation is 1. The van der Waals surface area contributed by atoms with Crippen LogP contribution in [-0.4, -0.2) is 22.0 Å². The van der Waals surface area contributed by atoms with Crippen LogP contribution in [-0.2, 0) is 6.42 Å². The van der Waals surface area contributed by atoms with Crippen molar-refractivity contribution < 1.29 is 0 Å². The number of nitrogens with zero attached hydrogens (tertiary/aromatic N) is 3. The SMILES string of the molecule is CNC(Cc1ccc(Br)cn1)c1cnc(C)cn1. The van der Waals surface area contributed by atoms with Gasteiger partial charge in [-0.15, -0.1) is 0 Å². The smallest absolute Gasteiger partial charge is 0.0760 e. The van der Waals surface area contributed by atoms with Crippen LogP contribution in [0.5, 0.6) is 0 Å². The molecule has 1 unspecified atom stereocenters. The molecule has 0 aliphatic heterocycles. The van der Waals surface area contributed by atoms with Gasteiger partial charge in [-0.1, -0.05) is 0 Å². The lowest BCUT2D eigenvalue weighted by atomic mass is 10.1. The van der Waals surface area contributed by atoms with E-state index in [-0.39, 0.29) is 6.04 Å². The number of pyridine rings is 1. The lowest BCUT2D eigenvalue weighted by molar-refractivity contribution is 0.565. The summed E-state index contributed by atoms with van der Waals surface area (Å²) in [4.78, 5) is 13.0. The van der Waals surface area contributed by atoms with Gasteiger partial charge < -0.3 is 5.32 Å². The Hall–Kier alpha value is -1.33. The predicted molar refractivity (Wildman–Crippen MR) is 74.2 cm³/mol. The summed E-state index contributed by atoms with van der Waals surface area (Å²) in [6.45, 7) is 1.93. The molecule has 1 atom stereocenters. The van der Waals surface area contributed by atoms with Crippen molar-refractivity contribution in [2.24, 2.45) is 0 Å². The Morgan fingerprint density at radius 1 is 1.17 bits per heavy atom. The zero-order valence-corrected chi connectivity index (χ0v) is 12.0. The highest BCUT2D eigenvalue weighted by atomic mass is 79.9. The molecular weight excluding hydrogens is 292 g/mol. The molecule has 0 saturated heterocycles. The maximum atomic E-state index is 4.40. The van der Waals surface area contributed by atoms with Gasteiger partial charge in [0.15, 0.2) is 0 Å². The summed E-state index contributed by atoms with van der Waals surface area (Å²) in [7, 11) is 1.92. The average Bonchev–Trinajstić information content (AvgIpc) is 2.39. The van der Waals surface area contributed by atoms with Crippen LogP contribution in [0.2, 0.25) is 0 Å². The van der Waals surface area contributed by atoms with Crippen LogP contribution in [0.4, 0.5) is 0 Å². The molecule has 0 fully saturated rings. The second-order valence-electron chi connectivity index (χ2n) is 4.10. The fourth-order valence-electron chi connectivity index (χ4n) is 1.67. The van der Waals surface area contributed by atoms with E-state index in [1.807, 2.05) is 38.5 Å². The zero-order chi connectivity index (χ0) is 13.0. The molecule has 2 rings (SSSR count). The van der Waals surface area contributed by atoms with Gasteiger partial charge in [-0.3, -0.25) is 15.0 Å². The molecule has 0 spiro atoms. The van der Waals surface area contributed by atoms with Crippen molar-refractivity contribution >= 4 is 15.9 Å². The monoisotopic (exact) mass is 306 g/mol. The van der Waals surface area contributed by atoms with Gasteiger partial charge in [0.1, 0.15) is 0 Å². The van der Waals surface area contributed by atoms with E-state index in [2.05, 4.69) is 36.2 Å². The Kier molecular flexibility index (Phi) is 4.38. The van der Waals surface area contributed by atoms with Crippen molar-refractivity contribution in [1.29, 1.82) is 0 Å². The summed E-state index contributed by atoms with van der Waals surface area (Å²) in [6, 6.07) is 4.14. The molecule has 0 aliphatic rings. The molecular formula is C13H15BrN4. The molecule has 0 saturated carbocycles. The van der Waals surface area contributed by atoms with Crippen molar-refractivity contribution in [3.63, 3.8) is 0 Å². The van der Waals surface area contributed by atoms with Crippen LogP contribution in [0.3, 0.4) is 0 Å². The van der Waals surface area contributed by atoms with Crippen LogP contribution in [0.15, 0.2) is 35.2 Å². The minimum Gasteiger partial charge on any atom is -0.311 e. The third-order valence-corrected chi connectivity index (χ3v) is 3.18. The van der Waals surface area contributed by atoms with E-state index < -0.39 is 0 Å². The number of aromatic nitrogens is 3. The van der Waals surface area contributed by atoms with Gasteiger partial charge in [0.2, 0.25) is 0 Å². The molecule has 94 valence electrons. The van der Waals surface area contributed by atoms with Crippen molar-refractivity contribution in [2.75, 3.05) is 7.05 Å². The molecule has 1 N–H and O–H groups in total. The lowest BCUT2D eigenvalue weighted by Crippen LogP contribution is -2.20. The molecule has 0 bridgehead atoms. The first-order valence-electron chi connectivity index (χ1n) is 5.75. The minimum atomic E-state index is 0.131. The number of hydrogen-bond donors (Lipinski definition) is 1. The first kappa shape index (κ1) is 13.1. The maximum Gasteiger partial charge on any atom is 0.0760 e. The van der Waals surface area contributed by atoms with Crippen molar-refractivity contribution in [3.05, 3.63) is 52.3 Å². The van der Waals surface area contributed by atoms with Crippen LogP contribution in [0.25, 0.3) is 0 Å². The zero-order valence-electron chi connectivity index (χ0n) is 10.4. The van der Waals surface area contributed by atoms with Crippen LogP contribution in [0.1, 0.15) is 23.1 Å². The Bertz CT molecular complexity index is 495. The molecule has 2 aromatic heterocycles. The fourth-order valence-corrected chi connectivity index (χ4v) is 1.91. The van der Waals surface area contributed by atoms with E-state index in [0.29, 0.717) is 0 Å². The highest BCUT2D eigenvalue weighted by Crippen LogP contribution is 2.15. The van der Waals surface area contributed by atoms with Crippen molar-refractivity contribution in [1.82, 2.24) is 20.3 Å². The largest absolute Gasteiger partial charge is 0.311 e. The Morgan fingerprint density at radius 3 is 2.56 bits per heavy atom. The number of halogens is 1. The van der Waals surface area contributed by atoms with Crippen LogP contribution in [0, 0.1) is 6.92 Å². The number of nitrogens with one attached hydrogen (secondary N) is 1. The number of likely N-dealkylation sites (N-methyl/N-ethyl adjacent to an activating group) is 1. The average molecular weight is 307 g/mol. The van der Waals surface area contributed by atoms with Gasteiger partial charge in [0.05, 0.1) is 23.6 Å². The summed E-state index contributed by atoms with van der Waals surface area (Å²) < 4.78 is 0.988. The standard InChI is InChI=1S/C13H15BrN4/c1-9-6-18-13(8-16-9)12(15-2)5-11-4-3-10(14)7-17-11/h3-4,6-8,12,15H,5H2,1-2H3. The van der Waals surface area contributed by atoms with Gasteiger partial charge in [-0.05, 0) is 42.0 Å². The third kappa shape index (κ3) is 3.34. The van der Waals surface area contributed by atoms with Gasteiger partial charge in [-0.2, -0.15) is 0 Å². The van der Waals surface area contributed by atoms with Crippen molar-refractivity contribution in [3.8, 4) is 0 Å². The maximum absolute atomic E-state index is 4.40. The first-order valence-corrected chi connectivity index (χ1v) is 6.54. The molecule has 2 heterocycles. The lowest BCUT2D eigenvalue weighted by Gasteiger charge is -2.14.